The van der Waals surface area contributed by atoms with E-state index in [0.717, 1.165) is 0 Å². The normalized spacial score (nSPS) is 12.5. The number of benzene rings is 1. The van der Waals surface area contributed by atoms with E-state index in [-0.39, 0.29) is 11.3 Å². The predicted molar refractivity (Wildman–Crippen MR) is 45.1 cm³/mol. The van der Waals surface area contributed by atoms with E-state index in [1.165, 1.54) is 18.2 Å². The van der Waals surface area contributed by atoms with Crippen LogP contribution in [-0.4, -0.2) is 21.7 Å². The Bertz CT molecular complexity index is 313. The molecule has 0 aliphatic rings. The molecule has 0 heterocycles. The van der Waals surface area contributed by atoms with Gasteiger partial charge in [-0.15, -0.1) is 0 Å². The van der Waals surface area contributed by atoms with Gasteiger partial charge in [-0.2, -0.15) is 0 Å². The van der Waals surface area contributed by atoms with Crippen molar-refractivity contribution < 1.29 is 15.1 Å². The summed E-state index contributed by atoms with van der Waals surface area (Å²) in [5, 5.41) is 28.3. The largest absolute Gasteiger partial charge is 0.393 e. The van der Waals surface area contributed by atoms with Crippen molar-refractivity contribution in [2.24, 2.45) is 0 Å². The molecule has 0 bridgehead atoms. The predicted octanol–water partition coefficient (Wildman–Crippen LogP) is 0.620. The topological polar surface area (TPSA) is 83.6 Å². The highest BCUT2D eigenvalue weighted by Gasteiger charge is 2.18. The molecule has 70 valence electrons. The van der Waals surface area contributed by atoms with Gasteiger partial charge in [0.15, 0.2) is 0 Å². The van der Waals surface area contributed by atoms with Crippen molar-refractivity contribution in [1.82, 2.24) is 0 Å². The molecule has 0 fully saturated rings. The average molecular weight is 183 g/mol. The van der Waals surface area contributed by atoms with Crippen LogP contribution in [0.15, 0.2) is 24.3 Å². The summed E-state index contributed by atoms with van der Waals surface area (Å²) in [6.07, 6.45) is -1.19. The molecule has 0 radical (unpaired) electrons. The Morgan fingerprint density at radius 3 is 2.62 bits per heavy atom. The lowest BCUT2D eigenvalue weighted by atomic mass is 10.1. The highest BCUT2D eigenvalue weighted by molar-refractivity contribution is 5.41. The number of hydrogen-bond donors (Lipinski definition) is 2. The van der Waals surface area contributed by atoms with Crippen LogP contribution in [0.1, 0.15) is 11.7 Å². The molecule has 5 heteroatoms. The lowest BCUT2D eigenvalue weighted by Crippen LogP contribution is -2.05. The molecule has 0 saturated heterocycles. The summed E-state index contributed by atoms with van der Waals surface area (Å²) < 4.78 is 0. The third-order valence-corrected chi connectivity index (χ3v) is 1.67. The van der Waals surface area contributed by atoms with Crippen LogP contribution < -0.4 is 0 Å². The van der Waals surface area contributed by atoms with E-state index in [2.05, 4.69) is 0 Å². The van der Waals surface area contributed by atoms with Crippen molar-refractivity contribution in [1.29, 1.82) is 0 Å². The Morgan fingerprint density at radius 1 is 1.46 bits per heavy atom. The van der Waals surface area contributed by atoms with Gasteiger partial charge in [-0.1, -0.05) is 12.1 Å². The first-order valence-corrected chi connectivity index (χ1v) is 3.69. The van der Waals surface area contributed by atoms with E-state index < -0.39 is 17.6 Å². The molecular formula is C8H9NO4. The van der Waals surface area contributed by atoms with Crippen LogP contribution in [0, 0.1) is 10.1 Å². The van der Waals surface area contributed by atoms with Gasteiger partial charge >= 0.3 is 0 Å². The Kier molecular flexibility index (Phi) is 2.94. The second kappa shape index (κ2) is 3.97. The Hall–Kier alpha value is -1.46. The van der Waals surface area contributed by atoms with Gasteiger partial charge in [0.1, 0.15) is 6.10 Å². The van der Waals surface area contributed by atoms with Crippen molar-refractivity contribution in [3.8, 4) is 0 Å². The minimum atomic E-state index is -1.19. The maximum Gasteiger partial charge on any atom is 0.275 e. The molecule has 13 heavy (non-hydrogen) atoms. The smallest absolute Gasteiger partial charge is 0.275 e. The molecule has 0 saturated carbocycles. The highest BCUT2D eigenvalue weighted by atomic mass is 16.6. The van der Waals surface area contributed by atoms with Crippen molar-refractivity contribution in [3.05, 3.63) is 39.9 Å². The quantitative estimate of drug-likeness (QED) is 0.531. The van der Waals surface area contributed by atoms with Gasteiger partial charge in [0.2, 0.25) is 0 Å². The maximum atomic E-state index is 10.5. The second-order valence-electron chi connectivity index (χ2n) is 2.51. The van der Waals surface area contributed by atoms with Crippen molar-refractivity contribution >= 4 is 5.69 Å². The fraction of sp³-hybridized carbons (Fsp3) is 0.250. The fourth-order valence-electron chi connectivity index (χ4n) is 1.03. The first-order valence-electron chi connectivity index (χ1n) is 3.69. The molecule has 0 aliphatic carbocycles. The van der Waals surface area contributed by atoms with Gasteiger partial charge in [-0.3, -0.25) is 10.1 Å². The number of para-hydroxylation sites is 1. The van der Waals surface area contributed by atoms with Gasteiger partial charge in [-0.25, -0.2) is 0 Å². The van der Waals surface area contributed by atoms with Crippen LogP contribution in [0.2, 0.25) is 0 Å². The molecule has 2 N–H and O–H groups in total. The van der Waals surface area contributed by atoms with Crippen molar-refractivity contribution in [2.75, 3.05) is 6.61 Å². The van der Waals surface area contributed by atoms with Gasteiger partial charge in [0, 0.05) is 6.07 Å². The summed E-state index contributed by atoms with van der Waals surface area (Å²) in [6.45, 7) is -0.523. The van der Waals surface area contributed by atoms with Crippen LogP contribution in [0.3, 0.4) is 0 Å². The first kappa shape index (κ1) is 9.63. The Labute approximate surface area is 74.4 Å². The Morgan fingerprint density at radius 2 is 2.08 bits per heavy atom. The molecule has 1 rings (SSSR count). The van der Waals surface area contributed by atoms with E-state index in [4.69, 9.17) is 5.11 Å². The summed E-state index contributed by atoms with van der Waals surface area (Å²) in [5.74, 6) is 0. The number of aliphatic hydroxyl groups excluding tert-OH is 2. The lowest BCUT2D eigenvalue weighted by Gasteiger charge is -2.06. The summed E-state index contributed by atoms with van der Waals surface area (Å²) in [6, 6.07) is 5.78. The fourth-order valence-corrected chi connectivity index (χ4v) is 1.03. The third-order valence-electron chi connectivity index (χ3n) is 1.67. The molecule has 1 aromatic rings. The number of rotatable bonds is 3. The minimum absolute atomic E-state index is 0.134. The zero-order chi connectivity index (χ0) is 9.84. The number of nitrogens with zero attached hydrogens (tertiary/aromatic N) is 1. The van der Waals surface area contributed by atoms with Crippen LogP contribution in [0.5, 0.6) is 0 Å². The standard InChI is InChI=1S/C8H9NO4/c10-5-8(11)6-3-1-2-4-7(6)9(12)13/h1-4,8,10-11H,5H2/t8-/m1/s1. The van der Waals surface area contributed by atoms with Crippen molar-refractivity contribution in [3.63, 3.8) is 0 Å². The van der Waals surface area contributed by atoms with Crippen LogP contribution in [-0.2, 0) is 0 Å². The third kappa shape index (κ3) is 2.01. The molecular weight excluding hydrogens is 174 g/mol. The lowest BCUT2D eigenvalue weighted by molar-refractivity contribution is -0.386. The molecule has 0 spiro atoms. The van der Waals surface area contributed by atoms with Crippen LogP contribution in [0.25, 0.3) is 0 Å². The SMILES string of the molecule is O=[N+]([O-])c1ccccc1[C@H](O)CO. The minimum Gasteiger partial charge on any atom is -0.393 e. The van der Waals surface area contributed by atoms with Crippen LogP contribution in [0.4, 0.5) is 5.69 Å². The molecule has 1 aromatic carbocycles. The molecule has 5 nitrogen and oxygen atoms in total. The molecule has 1 atom stereocenters. The van der Waals surface area contributed by atoms with Crippen LogP contribution >= 0.6 is 0 Å². The van der Waals surface area contributed by atoms with Crippen molar-refractivity contribution in [2.45, 2.75) is 6.10 Å². The molecule has 0 aromatic heterocycles. The molecule has 0 amide bonds. The van der Waals surface area contributed by atoms with Gasteiger partial charge < -0.3 is 10.2 Å². The van der Waals surface area contributed by atoms with E-state index in [1.54, 1.807) is 6.07 Å². The maximum absolute atomic E-state index is 10.5. The summed E-state index contributed by atoms with van der Waals surface area (Å²) in [4.78, 5) is 9.87. The first-order chi connectivity index (χ1) is 6.16. The average Bonchev–Trinajstić information content (AvgIpc) is 2.16. The van der Waals surface area contributed by atoms with E-state index in [0.29, 0.717) is 0 Å². The summed E-state index contributed by atoms with van der Waals surface area (Å²) in [5.41, 5.74) is -0.0425. The zero-order valence-corrected chi connectivity index (χ0v) is 6.75. The number of aliphatic hydroxyl groups is 2. The van der Waals surface area contributed by atoms with E-state index >= 15 is 0 Å². The monoisotopic (exact) mass is 183 g/mol. The van der Waals surface area contributed by atoms with Gasteiger partial charge in [0.25, 0.3) is 5.69 Å². The second-order valence-corrected chi connectivity index (χ2v) is 2.51. The molecule has 0 unspecified atom stereocenters. The summed E-state index contributed by atoms with van der Waals surface area (Å²) >= 11 is 0. The highest BCUT2D eigenvalue weighted by Crippen LogP contribution is 2.23. The summed E-state index contributed by atoms with van der Waals surface area (Å²) in [7, 11) is 0. The number of nitro benzene ring substituents is 1. The number of nitro groups is 1. The van der Waals surface area contributed by atoms with E-state index in [1.807, 2.05) is 0 Å². The Balaban J connectivity index is 3.11. The molecule has 0 aliphatic heterocycles. The number of hydrogen-bond acceptors (Lipinski definition) is 4. The van der Waals surface area contributed by atoms with Gasteiger partial charge in [-0.05, 0) is 6.07 Å². The zero-order valence-electron chi connectivity index (χ0n) is 6.75. The van der Waals surface area contributed by atoms with E-state index in [9.17, 15) is 15.2 Å². The van der Waals surface area contributed by atoms with Gasteiger partial charge in [0.05, 0.1) is 17.1 Å².